The first-order valence-corrected chi connectivity index (χ1v) is 10.1. The van der Waals surface area contributed by atoms with E-state index in [2.05, 4.69) is 15.1 Å². The second-order valence-electron chi connectivity index (χ2n) is 7.38. The smallest absolute Gasteiger partial charge is 0.382 e. The number of alkyl halides is 3. The molecule has 0 saturated carbocycles. The van der Waals surface area contributed by atoms with Gasteiger partial charge in [0.15, 0.2) is 23.6 Å². The fraction of sp³-hybridized carbons (Fsp3) is 0.143. The van der Waals surface area contributed by atoms with Gasteiger partial charge in [-0.15, -0.1) is 0 Å². The van der Waals surface area contributed by atoms with Gasteiger partial charge >= 0.3 is 6.18 Å². The van der Waals surface area contributed by atoms with Gasteiger partial charge < -0.3 is 16.2 Å². The number of aryl methyl sites for hydroxylation is 1. The summed E-state index contributed by atoms with van der Waals surface area (Å²) in [6, 6.07) is 4.15. The molecule has 35 heavy (non-hydrogen) atoms. The Morgan fingerprint density at radius 1 is 1.17 bits per heavy atom. The van der Waals surface area contributed by atoms with Crippen LogP contribution in [0.5, 0.6) is 0 Å². The third-order valence-corrected chi connectivity index (χ3v) is 5.23. The fourth-order valence-corrected chi connectivity index (χ4v) is 3.62. The van der Waals surface area contributed by atoms with Gasteiger partial charge in [0.05, 0.1) is 16.9 Å². The summed E-state index contributed by atoms with van der Waals surface area (Å²) in [5.41, 5.74) is 3.93. The predicted molar refractivity (Wildman–Crippen MR) is 116 cm³/mol. The van der Waals surface area contributed by atoms with E-state index < -0.39 is 46.6 Å². The van der Waals surface area contributed by atoms with Gasteiger partial charge in [-0.05, 0) is 42.8 Å². The predicted octanol–water partition coefficient (Wildman–Crippen LogP) is 4.33. The molecule has 0 radical (unpaired) electrons. The van der Waals surface area contributed by atoms with E-state index in [1.54, 1.807) is 6.92 Å². The number of aliphatic hydroxyl groups excluding tert-OH is 1. The minimum Gasteiger partial charge on any atom is -0.382 e. The van der Waals surface area contributed by atoms with Crippen molar-refractivity contribution in [1.29, 1.82) is 0 Å². The highest BCUT2D eigenvalue weighted by atomic mass is 35.5. The van der Waals surface area contributed by atoms with Crippen LogP contribution >= 0.6 is 11.6 Å². The van der Waals surface area contributed by atoms with Gasteiger partial charge in [0, 0.05) is 5.02 Å². The summed E-state index contributed by atoms with van der Waals surface area (Å²) >= 11 is 5.66. The van der Waals surface area contributed by atoms with Crippen molar-refractivity contribution in [2.45, 2.75) is 19.2 Å². The number of aromatic nitrogens is 4. The number of carbonyl (C=O) groups excluding carboxylic acids is 1. The average Bonchev–Trinajstić information content (AvgIpc) is 3.13. The van der Waals surface area contributed by atoms with Gasteiger partial charge in [0.2, 0.25) is 0 Å². The highest BCUT2D eigenvalue weighted by Crippen LogP contribution is 2.34. The summed E-state index contributed by atoms with van der Waals surface area (Å²) in [6.45, 7) is 1.58. The first-order chi connectivity index (χ1) is 16.4. The highest BCUT2D eigenvalue weighted by Gasteiger charge is 2.32. The molecule has 2 heterocycles. The Morgan fingerprint density at radius 3 is 2.57 bits per heavy atom. The van der Waals surface area contributed by atoms with Gasteiger partial charge in [0.1, 0.15) is 23.0 Å². The van der Waals surface area contributed by atoms with Crippen molar-refractivity contribution in [3.8, 4) is 5.69 Å². The van der Waals surface area contributed by atoms with Crippen LogP contribution in [-0.2, 0) is 11.0 Å². The average molecular weight is 513 g/mol. The summed E-state index contributed by atoms with van der Waals surface area (Å²) in [4.78, 5) is 20.2. The van der Waals surface area contributed by atoms with E-state index in [1.165, 1.54) is 6.33 Å². The number of halogens is 6. The lowest BCUT2D eigenvalue weighted by Gasteiger charge is -2.16. The first kappa shape index (κ1) is 24.3. The summed E-state index contributed by atoms with van der Waals surface area (Å²) in [5, 5.41) is 15.9. The summed E-state index contributed by atoms with van der Waals surface area (Å²) in [6.07, 6.45) is -5.76. The maximum Gasteiger partial charge on any atom is 0.416 e. The normalized spacial score (nSPS) is 12.7. The van der Waals surface area contributed by atoms with Gasteiger partial charge in [-0.2, -0.15) is 18.3 Å². The van der Waals surface area contributed by atoms with Crippen LogP contribution in [0.1, 0.15) is 22.9 Å². The monoisotopic (exact) mass is 512 g/mol. The number of nitrogens with zero attached hydrogens (tertiary/aromatic N) is 4. The highest BCUT2D eigenvalue weighted by molar-refractivity contribution is 6.30. The molecule has 8 nitrogen and oxygen atoms in total. The quantitative estimate of drug-likeness (QED) is 0.350. The molecule has 4 N–H and O–H groups in total. The summed E-state index contributed by atoms with van der Waals surface area (Å²) in [7, 11) is 0. The van der Waals surface area contributed by atoms with Crippen LogP contribution < -0.4 is 11.1 Å². The van der Waals surface area contributed by atoms with Crippen LogP contribution in [-0.4, -0.2) is 30.8 Å². The Hall–Kier alpha value is -3.84. The lowest BCUT2D eigenvalue weighted by Crippen LogP contribution is -2.22. The molecule has 1 atom stereocenters. The zero-order chi connectivity index (χ0) is 25.7. The van der Waals surface area contributed by atoms with E-state index >= 15 is 0 Å². The Morgan fingerprint density at radius 2 is 1.89 bits per heavy atom. The van der Waals surface area contributed by atoms with Crippen LogP contribution in [0.4, 0.5) is 33.5 Å². The molecule has 182 valence electrons. The number of nitrogens with two attached hydrogens (primary N) is 1. The Balaban J connectivity index is 1.66. The molecule has 14 heteroatoms. The Kier molecular flexibility index (Phi) is 6.07. The van der Waals surface area contributed by atoms with Crippen LogP contribution in [0.3, 0.4) is 0 Å². The van der Waals surface area contributed by atoms with Crippen molar-refractivity contribution in [3.63, 3.8) is 0 Å². The fourth-order valence-electron chi connectivity index (χ4n) is 3.37. The van der Waals surface area contributed by atoms with E-state index in [0.717, 1.165) is 22.9 Å². The van der Waals surface area contributed by atoms with Gasteiger partial charge in [-0.25, -0.2) is 23.4 Å². The number of hydrogen-bond acceptors (Lipinski definition) is 6. The zero-order valence-electron chi connectivity index (χ0n) is 17.5. The number of aliphatic hydroxyl groups is 1. The van der Waals surface area contributed by atoms with Crippen molar-refractivity contribution in [3.05, 3.63) is 70.1 Å². The molecular weight excluding hydrogens is 499 g/mol. The molecule has 4 rings (SSSR count). The van der Waals surface area contributed by atoms with E-state index in [1.807, 2.05) is 5.32 Å². The standard InChI is InChI=1S/C21H14ClF5N6O2/c1-8-16-17(19(28)30-7-29-16)33(32-8)13-3-2-12(14(23)15(13)24)31-20(35)18(34)9-4-10(21(25,26)27)6-11(22)5-9/h2-7,18,34H,1H3,(H,31,35)(H2,28,29,30)/t18-/m1/s1. The molecule has 4 aromatic rings. The second kappa shape index (κ2) is 8.74. The minimum absolute atomic E-state index is 0.0318. The Labute approximate surface area is 198 Å². The lowest BCUT2D eigenvalue weighted by atomic mass is 10.0. The SMILES string of the molecule is Cc1nn(-c2ccc(NC(=O)[C@H](O)c3cc(Cl)cc(C(F)(F)F)c3)c(F)c2F)c2c(N)ncnc12. The van der Waals surface area contributed by atoms with Crippen molar-refractivity contribution >= 4 is 40.0 Å². The van der Waals surface area contributed by atoms with Gasteiger partial charge in [-0.3, -0.25) is 4.79 Å². The maximum absolute atomic E-state index is 15.0. The molecular formula is C21H14ClF5N6O2. The molecule has 0 fully saturated rings. The molecule has 0 unspecified atom stereocenters. The van der Waals surface area contributed by atoms with E-state index in [4.69, 9.17) is 17.3 Å². The molecule has 2 aromatic carbocycles. The molecule has 0 aliphatic rings. The number of nitrogens with one attached hydrogen (secondary N) is 1. The first-order valence-electron chi connectivity index (χ1n) is 9.69. The van der Waals surface area contributed by atoms with Crippen LogP contribution in [0.25, 0.3) is 16.7 Å². The lowest BCUT2D eigenvalue weighted by molar-refractivity contribution is -0.138. The number of benzene rings is 2. The van der Waals surface area contributed by atoms with Gasteiger partial charge in [-0.1, -0.05) is 11.6 Å². The molecule has 0 aliphatic heterocycles. The molecule has 2 aromatic heterocycles. The summed E-state index contributed by atoms with van der Waals surface area (Å²) in [5.74, 6) is -4.28. The van der Waals surface area contributed by atoms with E-state index in [0.29, 0.717) is 23.3 Å². The molecule has 0 spiro atoms. The number of carbonyl (C=O) groups is 1. The Bertz CT molecular complexity index is 1470. The molecule has 0 aliphatic carbocycles. The largest absolute Gasteiger partial charge is 0.416 e. The van der Waals surface area contributed by atoms with Crippen molar-refractivity contribution in [1.82, 2.24) is 19.7 Å². The number of nitrogen functional groups attached to an aromatic ring is 1. The van der Waals surface area contributed by atoms with E-state index in [-0.39, 0.29) is 22.0 Å². The molecule has 0 saturated heterocycles. The number of fused-ring (bicyclic) bond motifs is 1. The van der Waals surface area contributed by atoms with Crippen molar-refractivity contribution in [2.75, 3.05) is 11.1 Å². The second-order valence-corrected chi connectivity index (χ2v) is 7.81. The van der Waals surface area contributed by atoms with Crippen LogP contribution in [0, 0.1) is 18.6 Å². The number of rotatable bonds is 4. The van der Waals surface area contributed by atoms with Crippen LogP contribution in [0.15, 0.2) is 36.7 Å². The third-order valence-electron chi connectivity index (χ3n) is 5.01. The van der Waals surface area contributed by atoms with Crippen LogP contribution in [0.2, 0.25) is 5.02 Å². The van der Waals surface area contributed by atoms with Crippen molar-refractivity contribution in [2.24, 2.45) is 0 Å². The topological polar surface area (TPSA) is 119 Å². The zero-order valence-corrected chi connectivity index (χ0v) is 18.3. The third kappa shape index (κ3) is 4.47. The number of anilines is 2. The van der Waals surface area contributed by atoms with Crippen molar-refractivity contribution < 1.29 is 31.9 Å². The summed E-state index contributed by atoms with van der Waals surface area (Å²) < 4.78 is 69.8. The van der Waals surface area contributed by atoms with Gasteiger partial charge in [0.25, 0.3) is 5.91 Å². The molecule has 1 amide bonds. The maximum atomic E-state index is 15.0. The minimum atomic E-state index is -4.79. The number of hydrogen-bond donors (Lipinski definition) is 3. The van der Waals surface area contributed by atoms with E-state index in [9.17, 15) is 31.9 Å². The molecule has 0 bridgehead atoms. The number of amides is 1.